The standard InChI is InChI=1S/C11H15N3O4S/c12-14-13-2-1-8(15)10(16)7-5-9(19-6-7)11-17-3-4-18-11/h5-6,8,10-11,15-16H,1-4H2. The maximum Gasteiger partial charge on any atom is 0.193 e. The summed E-state index contributed by atoms with van der Waals surface area (Å²) in [5.41, 5.74) is 8.77. The van der Waals surface area contributed by atoms with E-state index in [1.54, 1.807) is 11.4 Å². The lowest BCUT2D eigenvalue weighted by atomic mass is 10.0. The second-order valence-corrected chi connectivity index (χ2v) is 5.05. The Bertz CT molecular complexity index is 455. The summed E-state index contributed by atoms with van der Waals surface area (Å²) in [7, 11) is 0. The number of thiophene rings is 1. The van der Waals surface area contributed by atoms with Crippen LogP contribution in [0.5, 0.6) is 0 Å². The molecule has 0 spiro atoms. The van der Waals surface area contributed by atoms with Crippen molar-refractivity contribution in [2.24, 2.45) is 5.11 Å². The van der Waals surface area contributed by atoms with Gasteiger partial charge < -0.3 is 19.7 Å². The van der Waals surface area contributed by atoms with Gasteiger partial charge in [0.25, 0.3) is 0 Å². The van der Waals surface area contributed by atoms with Crippen LogP contribution in [0.4, 0.5) is 0 Å². The van der Waals surface area contributed by atoms with Crippen molar-refractivity contribution in [3.8, 4) is 0 Å². The molecule has 2 unspecified atom stereocenters. The molecule has 0 aromatic carbocycles. The van der Waals surface area contributed by atoms with E-state index in [0.29, 0.717) is 18.8 Å². The van der Waals surface area contributed by atoms with Crippen molar-refractivity contribution in [3.63, 3.8) is 0 Å². The number of hydrogen-bond donors (Lipinski definition) is 2. The third kappa shape index (κ3) is 3.66. The van der Waals surface area contributed by atoms with Crippen molar-refractivity contribution >= 4 is 11.3 Å². The van der Waals surface area contributed by atoms with Gasteiger partial charge >= 0.3 is 0 Å². The van der Waals surface area contributed by atoms with Gasteiger partial charge in [-0.2, -0.15) is 0 Å². The molecule has 0 saturated carbocycles. The Morgan fingerprint density at radius 3 is 2.89 bits per heavy atom. The summed E-state index contributed by atoms with van der Waals surface area (Å²) in [6.45, 7) is 1.28. The first-order valence-corrected chi connectivity index (χ1v) is 6.79. The number of azide groups is 1. The quantitative estimate of drug-likeness (QED) is 0.472. The minimum absolute atomic E-state index is 0.153. The van der Waals surface area contributed by atoms with Gasteiger partial charge in [0.1, 0.15) is 6.10 Å². The van der Waals surface area contributed by atoms with Gasteiger partial charge in [-0.15, -0.1) is 11.3 Å². The molecule has 2 atom stereocenters. The fraction of sp³-hybridized carbons (Fsp3) is 0.636. The lowest BCUT2D eigenvalue weighted by Crippen LogP contribution is -2.18. The topological polar surface area (TPSA) is 108 Å². The molecule has 2 heterocycles. The molecule has 104 valence electrons. The molecule has 2 rings (SSSR count). The van der Waals surface area contributed by atoms with E-state index in [1.807, 2.05) is 0 Å². The van der Waals surface area contributed by atoms with E-state index < -0.39 is 12.2 Å². The summed E-state index contributed by atoms with van der Waals surface area (Å²) in [6.07, 6.45) is -2.11. The third-order valence-electron chi connectivity index (χ3n) is 2.79. The number of nitrogens with zero attached hydrogens (tertiary/aromatic N) is 3. The Hall–Kier alpha value is -1.15. The monoisotopic (exact) mass is 285 g/mol. The number of hydrogen-bond acceptors (Lipinski definition) is 6. The fourth-order valence-electron chi connectivity index (χ4n) is 1.78. The molecule has 1 aromatic heterocycles. The summed E-state index contributed by atoms with van der Waals surface area (Å²) in [5.74, 6) is 0. The fourth-order valence-corrected chi connectivity index (χ4v) is 2.72. The maximum absolute atomic E-state index is 9.98. The van der Waals surface area contributed by atoms with Gasteiger partial charge in [-0.1, -0.05) is 5.11 Å². The first-order chi connectivity index (χ1) is 9.22. The van der Waals surface area contributed by atoms with Crippen LogP contribution in [-0.4, -0.2) is 36.1 Å². The van der Waals surface area contributed by atoms with Crippen LogP contribution in [0.3, 0.4) is 0 Å². The highest BCUT2D eigenvalue weighted by Gasteiger charge is 2.24. The predicted octanol–water partition coefficient (Wildman–Crippen LogP) is 1.89. The summed E-state index contributed by atoms with van der Waals surface area (Å²) >= 11 is 1.42. The molecule has 19 heavy (non-hydrogen) atoms. The minimum atomic E-state index is -1.000. The summed E-state index contributed by atoms with van der Waals surface area (Å²) in [5, 5.41) is 24.9. The van der Waals surface area contributed by atoms with E-state index >= 15 is 0 Å². The van der Waals surface area contributed by atoms with Crippen molar-refractivity contribution in [2.45, 2.75) is 24.9 Å². The van der Waals surface area contributed by atoms with Gasteiger partial charge in [0, 0.05) is 11.5 Å². The number of aliphatic hydroxyl groups excluding tert-OH is 2. The molecule has 1 saturated heterocycles. The van der Waals surface area contributed by atoms with Crippen LogP contribution >= 0.6 is 11.3 Å². The zero-order valence-corrected chi connectivity index (χ0v) is 11.0. The Balaban J connectivity index is 1.94. The van der Waals surface area contributed by atoms with Gasteiger partial charge in [0.2, 0.25) is 0 Å². The van der Waals surface area contributed by atoms with Crippen LogP contribution in [-0.2, 0) is 9.47 Å². The van der Waals surface area contributed by atoms with Crippen LogP contribution in [0.1, 0.15) is 29.3 Å². The van der Waals surface area contributed by atoms with Crippen molar-refractivity contribution in [1.82, 2.24) is 0 Å². The average Bonchev–Trinajstić information content (AvgIpc) is 3.08. The van der Waals surface area contributed by atoms with E-state index in [2.05, 4.69) is 10.0 Å². The highest BCUT2D eigenvalue weighted by molar-refractivity contribution is 7.10. The largest absolute Gasteiger partial charge is 0.390 e. The number of aliphatic hydroxyl groups is 2. The highest BCUT2D eigenvalue weighted by atomic mass is 32.1. The van der Waals surface area contributed by atoms with Crippen LogP contribution in [0, 0.1) is 0 Å². The molecule has 1 aliphatic heterocycles. The van der Waals surface area contributed by atoms with Gasteiger partial charge in [-0.3, -0.25) is 0 Å². The zero-order chi connectivity index (χ0) is 13.7. The first kappa shape index (κ1) is 14.3. The van der Waals surface area contributed by atoms with Crippen LogP contribution in [0.25, 0.3) is 10.4 Å². The van der Waals surface area contributed by atoms with E-state index in [9.17, 15) is 10.2 Å². The van der Waals surface area contributed by atoms with Gasteiger partial charge in [-0.25, -0.2) is 0 Å². The summed E-state index contributed by atoms with van der Waals surface area (Å²) in [6, 6.07) is 1.77. The van der Waals surface area contributed by atoms with Crippen LogP contribution < -0.4 is 0 Å². The SMILES string of the molecule is [N-]=[N+]=NCCC(O)C(O)c1csc(C2OCCO2)c1. The number of rotatable bonds is 6. The summed E-state index contributed by atoms with van der Waals surface area (Å²) in [4.78, 5) is 3.47. The smallest absolute Gasteiger partial charge is 0.193 e. The van der Waals surface area contributed by atoms with Crippen molar-refractivity contribution in [2.75, 3.05) is 19.8 Å². The Kier molecular flexibility index (Phi) is 5.15. The molecule has 0 bridgehead atoms. The molecule has 8 heteroatoms. The van der Waals surface area contributed by atoms with Crippen LogP contribution in [0.2, 0.25) is 0 Å². The van der Waals surface area contributed by atoms with Crippen LogP contribution in [0.15, 0.2) is 16.6 Å². The number of ether oxygens (including phenoxy) is 2. The molecule has 1 fully saturated rings. The predicted molar refractivity (Wildman–Crippen MR) is 68.6 cm³/mol. The maximum atomic E-state index is 9.98. The second-order valence-electron chi connectivity index (χ2n) is 4.11. The molecule has 0 amide bonds. The van der Waals surface area contributed by atoms with Gasteiger partial charge in [0.15, 0.2) is 6.29 Å². The molecule has 1 aliphatic rings. The second kappa shape index (κ2) is 6.85. The Morgan fingerprint density at radius 2 is 2.21 bits per heavy atom. The van der Waals surface area contributed by atoms with E-state index in [-0.39, 0.29) is 19.3 Å². The zero-order valence-electron chi connectivity index (χ0n) is 10.2. The molecular weight excluding hydrogens is 270 g/mol. The molecular formula is C11H15N3O4S. The van der Waals surface area contributed by atoms with Gasteiger partial charge in [-0.05, 0) is 29.0 Å². The normalized spacial score (nSPS) is 19.1. The van der Waals surface area contributed by atoms with Gasteiger partial charge in [0.05, 0.1) is 24.2 Å². The van der Waals surface area contributed by atoms with Crippen molar-refractivity contribution in [3.05, 3.63) is 32.3 Å². The molecule has 2 N–H and O–H groups in total. The Morgan fingerprint density at radius 1 is 1.47 bits per heavy atom. The third-order valence-corrected chi connectivity index (χ3v) is 3.76. The first-order valence-electron chi connectivity index (χ1n) is 5.91. The van der Waals surface area contributed by atoms with E-state index in [4.69, 9.17) is 15.0 Å². The molecule has 1 aromatic rings. The van der Waals surface area contributed by atoms with E-state index in [0.717, 1.165) is 4.88 Å². The average molecular weight is 285 g/mol. The molecule has 7 nitrogen and oxygen atoms in total. The lowest BCUT2D eigenvalue weighted by Gasteiger charge is -2.15. The lowest BCUT2D eigenvalue weighted by molar-refractivity contribution is -0.0415. The van der Waals surface area contributed by atoms with Crippen molar-refractivity contribution < 1.29 is 19.7 Å². The molecule has 0 aliphatic carbocycles. The molecule has 0 radical (unpaired) electrons. The van der Waals surface area contributed by atoms with Crippen molar-refractivity contribution in [1.29, 1.82) is 0 Å². The summed E-state index contributed by atoms with van der Waals surface area (Å²) < 4.78 is 10.7. The Labute approximate surface area is 114 Å². The van der Waals surface area contributed by atoms with E-state index in [1.165, 1.54) is 11.3 Å². The highest BCUT2D eigenvalue weighted by Crippen LogP contribution is 2.32. The minimum Gasteiger partial charge on any atom is -0.390 e.